The van der Waals surface area contributed by atoms with Gasteiger partial charge in [-0.3, -0.25) is 4.90 Å². The van der Waals surface area contributed by atoms with Gasteiger partial charge in [0.25, 0.3) is 0 Å². The van der Waals surface area contributed by atoms with Crippen molar-refractivity contribution in [3.05, 3.63) is 29.8 Å². The Balaban J connectivity index is 1.88. The van der Waals surface area contributed by atoms with Gasteiger partial charge in [0.1, 0.15) is 5.75 Å². The zero-order chi connectivity index (χ0) is 13.7. The topological polar surface area (TPSA) is 47.7 Å². The highest BCUT2D eigenvalue weighted by atomic mass is 19.3. The van der Waals surface area contributed by atoms with Crippen LogP contribution >= 0.6 is 0 Å². The Morgan fingerprint density at radius 2 is 2.11 bits per heavy atom. The Kier molecular flexibility index (Phi) is 5.07. The predicted octanol–water partition coefficient (Wildman–Crippen LogP) is 1.45. The number of alkyl halides is 2. The van der Waals surface area contributed by atoms with Crippen LogP contribution in [0, 0.1) is 0 Å². The molecule has 0 bridgehead atoms. The fourth-order valence-electron chi connectivity index (χ4n) is 2.10. The van der Waals surface area contributed by atoms with Crippen LogP contribution in [0.3, 0.4) is 0 Å². The van der Waals surface area contributed by atoms with Crippen LogP contribution in [0.4, 0.5) is 8.78 Å². The van der Waals surface area contributed by atoms with E-state index in [1.807, 2.05) is 0 Å². The molecule has 4 nitrogen and oxygen atoms in total. The molecule has 1 heterocycles. The molecule has 0 amide bonds. The van der Waals surface area contributed by atoms with Gasteiger partial charge in [-0.05, 0) is 17.7 Å². The molecule has 1 atom stereocenters. The van der Waals surface area contributed by atoms with E-state index >= 15 is 0 Å². The first-order chi connectivity index (χ1) is 9.17. The van der Waals surface area contributed by atoms with Gasteiger partial charge in [-0.25, -0.2) is 0 Å². The fraction of sp³-hybridized carbons (Fsp3) is 0.538. The maximum atomic E-state index is 12.0. The summed E-state index contributed by atoms with van der Waals surface area (Å²) in [4.78, 5) is 2.24. The standard InChI is InChI=1S/C13H18F2N2O2/c14-13(15)19-11-3-1-10(2-4-11)8-17-5-6-18-12(7-16)9-17/h1-4,12-13H,5-9,16H2. The number of morpholine rings is 1. The summed E-state index contributed by atoms with van der Waals surface area (Å²) in [7, 11) is 0. The molecule has 1 saturated heterocycles. The van der Waals surface area contributed by atoms with Gasteiger partial charge in [-0.2, -0.15) is 8.78 Å². The molecule has 1 aliphatic rings. The van der Waals surface area contributed by atoms with Gasteiger partial charge in [0.15, 0.2) is 0 Å². The van der Waals surface area contributed by atoms with Crippen LogP contribution in [-0.2, 0) is 11.3 Å². The lowest BCUT2D eigenvalue weighted by Crippen LogP contribution is -2.45. The molecule has 0 aromatic heterocycles. The van der Waals surface area contributed by atoms with Crippen molar-refractivity contribution < 1.29 is 18.3 Å². The molecule has 1 aromatic rings. The third-order valence-electron chi connectivity index (χ3n) is 3.04. The SMILES string of the molecule is NCC1CN(Cc2ccc(OC(F)F)cc2)CCO1. The molecular formula is C13H18F2N2O2. The lowest BCUT2D eigenvalue weighted by Gasteiger charge is -2.32. The first-order valence-corrected chi connectivity index (χ1v) is 6.25. The van der Waals surface area contributed by atoms with Gasteiger partial charge in [-0.1, -0.05) is 12.1 Å². The maximum Gasteiger partial charge on any atom is 0.387 e. The average molecular weight is 272 g/mol. The smallest absolute Gasteiger partial charge is 0.387 e. The quantitative estimate of drug-likeness (QED) is 0.881. The summed E-state index contributed by atoms with van der Waals surface area (Å²) in [5, 5.41) is 0. The summed E-state index contributed by atoms with van der Waals surface area (Å²) in [5.41, 5.74) is 6.64. The minimum absolute atomic E-state index is 0.0789. The highest BCUT2D eigenvalue weighted by Crippen LogP contribution is 2.17. The van der Waals surface area contributed by atoms with E-state index in [1.54, 1.807) is 24.3 Å². The minimum Gasteiger partial charge on any atom is -0.435 e. The number of hydrogen-bond donors (Lipinski definition) is 1. The molecule has 0 radical (unpaired) electrons. The van der Waals surface area contributed by atoms with E-state index in [9.17, 15) is 8.78 Å². The highest BCUT2D eigenvalue weighted by molar-refractivity contribution is 5.27. The van der Waals surface area contributed by atoms with Crippen LogP contribution in [-0.4, -0.2) is 43.9 Å². The molecule has 2 rings (SSSR count). The number of nitrogens with zero attached hydrogens (tertiary/aromatic N) is 1. The summed E-state index contributed by atoms with van der Waals surface area (Å²) in [6.07, 6.45) is 0.0789. The van der Waals surface area contributed by atoms with Crippen LogP contribution in [0.5, 0.6) is 5.75 Å². The maximum absolute atomic E-state index is 12.0. The summed E-state index contributed by atoms with van der Waals surface area (Å²) in [5.74, 6) is 0.181. The van der Waals surface area contributed by atoms with Gasteiger partial charge in [-0.15, -0.1) is 0 Å². The second-order valence-electron chi connectivity index (χ2n) is 4.49. The van der Waals surface area contributed by atoms with Crippen molar-refractivity contribution in [1.29, 1.82) is 0 Å². The summed E-state index contributed by atoms with van der Waals surface area (Å²) in [6.45, 7) is 0.814. The van der Waals surface area contributed by atoms with E-state index < -0.39 is 6.61 Å². The molecule has 0 spiro atoms. The van der Waals surface area contributed by atoms with E-state index in [1.165, 1.54) is 0 Å². The van der Waals surface area contributed by atoms with Crippen LogP contribution in [0.1, 0.15) is 5.56 Å². The van der Waals surface area contributed by atoms with E-state index in [0.717, 1.165) is 25.2 Å². The van der Waals surface area contributed by atoms with Crippen molar-refractivity contribution in [3.63, 3.8) is 0 Å². The van der Waals surface area contributed by atoms with Crippen LogP contribution in [0.2, 0.25) is 0 Å². The lowest BCUT2D eigenvalue weighted by molar-refractivity contribution is -0.0499. The minimum atomic E-state index is -2.78. The Labute approximate surface area is 111 Å². The van der Waals surface area contributed by atoms with E-state index in [4.69, 9.17) is 10.5 Å². The largest absolute Gasteiger partial charge is 0.435 e. The number of ether oxygens (including phenoxy) is 2. The number of hydrogen-bond acceptors (Lipinski definition) is 4. The van der Waals surface area contributed by atoms with Crippen molar-refractivity contribution in [2.45, 2.75) is 19.3 Å². The van der Waals surface area contributed by atoms with Crippen LogP contribution in [0.15, 0.2) is 24.3 Å². The Hall–Kier alpha value is -1.24. The number of rotatable bonds is 5. The molecule has 1 aliphatic heterocycles. The van der Waals surface area contributed by atoms with E-state index in [2.05, 4.69) is 9.64 Å². The molecule has 1 unspecified atom stereocenters. The first kappa shape index (κ1) is 14.2. The lowest BCUT2D eigenvalue weighted by atomic mass is 10.2. The molecular weight excluding hydrogens is 254 g/mol. The molecule has 1 fully saturated rings. The van der Waals surface area contributed by atoms with Gasteiger partial charge < -0.3 is 15.2 Å². The van der Waals surface area contributed by atoms with Crippen LogP contribution in [0.25, 0.3) is 0 Å². The number of nitrogens with two attached hydrogens (primary N) is 1. The normalized spacial score (nSPS) is 20.7. The van der Waals surface area contributed by atoms with Crippen molar-refractivity contribution in [2.75, 3.05) is 26.2 Å². The third-order valence-corrected chi connectivity index (χ3v) is 3.04. The van der Waals surface area contributed by atoms with Gasteiger partial charge >= 0.3 is 6.61 Å². The van der Waals surface area contributed by atoms with Crippen molar-refractivity contribution >= 4 is 0 Å². The van der Waals surface area contributed by atoms with E-state index in [0.29, 0.717) is 13.2 Å². The van der Waals surface area contributed by atoms with Gasteiger partial charge in [0, 0.05) is 26.2 Å². The molecule has 0 saturated carbocycles. The zero-order valence-electron chi connectivity index (χ0n) is 10.6. The van der Waals surface area contributed by atoms with Crippen molar-refractivity contribution in [1.82, 2.24) is 4.90 Å². The Morgan fingerprint density at radius 1 is 1.37 bits per heavy atom. The fourth-order valence-corrected chi connectivity index (χ4v) is 2.10. The average Bonchev–Trinajstić information content (AvgIpc) is 2.41. The molecule has 0 aliphatic carbocycles. The zero-order valence-corrected chi connectivity index (χ0v) is 10.6. The first-order valence-electron chi connectivity index (χ1n) is 6.25. The van der Waals surface area contributed by atoms with E-state index in [-0.39, 0.29) is 11.9 Å². The molecule has 1 aromatic carbocycles. The Morgan fingerprint density at radius 3 is 2.74 bits per heavy atom. The summed E-state index contributed by atoms with van der Waals surface area (Å²) < 4.78 is 33.8. The highest BCUT2D eigenvalue weighted by Gasteiger charge is 2.19. The summed E-state index contributed by atoms with van der Waals surface area (Å²) >= 11 is 0. The predicted molar refractivity (Wildman–Crippen MR) is 67.1 cm³/mol. The summed E-state index contributed by atoms with van der Waals surface area (Å²) in [6, 6.07) is 6.71. The van der Waals surface area contributed by atoms with Crippen molar-refractivity contribution in [2.24, 2.45) is 5.73 Å². The Bertz CT molecular complexity index is 387. The van der Waals surface area contributed by atoms with Crippen molar-refractivity contribution in [3.8, 4) is 5.75 Å². The second-order valence-corrected chi connectivity index (χ2v) is 4.49. The second kappa shape index (κ2) is 6.79. The monoisotopic (exact) mass is 272 g/mol. The third kappa shape index (κ3) is 4.41. The van der Waals surface area contributed by atoms with Gasteiger partial charge in [0.05, 0.1) is 12.7 Å². The molecule has 6 heteroatoms. The number of benzene rings is 1. The van der Waals surface area contributed by atoms with Crippen LogP contribution < -0.4 is 10.5 Å². The molecule has 106 valence electrons. The number of halogens is 2. The van der Waals surface area contributed by atoms with Gasteiger partial charge in [0.2, 0.25) is 0 Å². The molecule has 19 heavy (non-hydrogen) atoms. The molecule has 2 N–H and O–H groups in total.